The number of nitrogens with one attached hydrogen (secondary N) is 1. The predicted molar refractivity (Wildman–Crippen MR) is 95.2 cm³/mol. The average molecular weight is 311 g/mol. The highest BCUT2D eigenvalue weighted by Gasteiger charge is 2.08. The van der Waals surface area contributed by atoms with E-state index >= 15 is 0 Å². The molecule has 0 aromatic heterocycles. The van der Waals surface area contributed by atoms with Gasteiger partial charge in [0.05, 0.1) is 0 Å². The van der Waals surface area contributed by atoms with Gasteiger partial charge in [-0.25, -0.2) is 0 Å². The van der Waals surface area contributed by atoms with Gasteiger partial charge in [0.2, 0.25) is 0 Å². The van der Waals surface area contributed by atoms with Crippen molar-refractivity contribution < 1.29 is 9.53 Å². The number of anilines is 1. The van der Waals surface area contributed by atoms with Gasteiger partial charge >= 0.3 is 0 Å². The molecule has 0 aliphatic heterocycles. The molecule has 0 aliphatic rings. The smallest absolute Gasteiger partial charge is 0.262 e. The van der Waals surface area contributed by atoms with Crippen LogP contribution in [0.2, 0.25) is 0 Å². The van der Waals surface area contributed by atoms with Gasteiger partial charge in [0.25, 0.3) is 5.91 Å². The van der Waals surface area contributed by atoms with Crippen LogP contribution in [0.25, 0.3) is 0 Å². The summed E-state index contributed by atoms with van der Waals surface area (Å²) in [5.74, 6) is 1.11. The maximum Gasteiger partial charge on any atom is 0.262 e. The second-order valence-corrected chi connectivity index (χ2v) is 5.98. The van der Waals surface area contributed by atoms with Crippen LogP contribution in [-0.2, 0) is 4.79 Å². The minimum Gasteiger partial charge on any atom is -0.484 e. The first kappa shape index (κ1) is 17.1. The number of rotatable bonds is 6. The molecule has 0 aliphatic carbocycles. The SMILES string of the molecule is CC[C@@H](C)c1ccc(OCC(=O)Nc2c(C)cccc2C)cc1. The van der Waals surface area contributed by atoms with Crippen molar-refractivity contribution in [1.29, 1.82) is 0 Å². The lowest BCUT2D eigenvalue weighted by Crippen LogP contribution is -2.21. The van der Waals surface area contributed by atoms with Gasteiger partial charge in [0.1, 0.15) is 5.75 Å². The summed E-state index contributed by atoms with van der Waals surface area (Å²) in [6.45, 7) is 8.35. The zero-order valence-corrected chi connectivity index (χ0v) is 14.3. The van der Waals surface area contributed by atoms with Crippen molar-refractivity contribution in [3.8, 4) is 5.75 Å². The Bertz CT molecular complexity index is 642. The molecule has 2 aromatic rings. The van der Waals surface area contributed by atoms with Crippen LogP contribution >= 0.6 is 0 Å². The van der Waals surface area contributed by atoms with Crippen LogP contribution in [-0.4, -0.2) is 12.5 Å². The van der Waals surface area contributed by atoms with E-state index < -0.39 is 0 Å². The molecule has 23 heavy (non-hydrogen) atoms. The fourth-order valence-electron chi connectivity index (χ4n) is 2.46. The van der Waals surface area contributed by atoms with Crippen molar-refractivity contribution in [2.45, 2.75) is 40.0 Å². The van der Waals surface area contributed by atoms with Crippen LogP contribution in [0.3, 0.4) is 0 Å². The van der Waals surface area contributed by atoms with Crippen molar-refractivity contribution in [1.82, 2.24) is 0 Å². The van der Waals surface area contributed by atoms with Gasteiger partial charge in [0, 0.05) is 5.69 Å². The molecule has 3 heteroatoms. The van der Waals surface area contributed by atoms with E-state index in [-0.39, 0.29) is 12.5 Å². The molecular weight excluding hydrogens is 286 g/mol. The van der Waals surface area contributed by atoms with E-state index in [4.69, 9.17) is 4.74 Å². The summed E-state index contributed by atoms with van der Waals surface area (Å²) < 4.78 is 5.58. The summed E-state index contributed by atoms with van der Waals surface area (Å²) in [6, 6.07) is 13.9. The van der Waals surface area contributed by atoms with Gasteiger partial charge in [0.15, 0.2) is 6.61 Å². The lowest BCUT2D eigenvalue weighted by atomic mass is 9.99. The third-order valence-electron chi connectivity index (χ3n) is 4.18. The summed E-state index contributed by atoms with van der Waals surface area (Å²) in [6.07, 6.45) is 1.11. The van der Waals surface area contributed by atoms with E-state index in [0.717, 1.165) is 23.2 Å². The van der Waals surface area contributed by atoms with Crippen LogP contribution in [0.15, 0.2) is 42.5 Å². The first-order valence-corrected chi connectivity index (χ1v) is 8.10. The minimum atomic E-state index is -0.145. The van der Waals surface area contributed by atoms with Crippen LogP contribution in [0.5, 0.6) is 5.75 Å². The first-order chi connectivity index (χ1) is 11.0. The molecule has 0 bridgehead atoms. The van der Waals surface area contributed by atoms with E-state index in [2.05, 4.69) is 31.3 Å². The topological polar surface area (TPSA) is 38.3 Å². The maximum atomic E-state index is 12.1. The minimum absolute atomic E-state index is 0.0104. The highest BCUT2D eigenvalue weighted by Crippen LogP contribution is 2.22. The number of carbonyl (C=O) groups excluding carboxylic acids is 1. The zero-order chi connectivity index (χ0) is 16.8. The molecule has 0 unspecified atom stereocenters. The van der Waals surface area contributed by atoms with Crippen molar-refractivity contribution >= 4 is 11.6 Å². The Morgan fingerprint density at radius 1 is 1.09 bits per heavy atom. The highest BCUT2D eigenvalue weighted by molar-refractivity contribution is 5.93. The Morgan fingerprint density at radius 3 is 2.26 bits per heavy atom. The van der Waals surface area contributed by atoms with Crippen LogP contribution in [0.4, 0.5) is 5.69 Å². The van der Waals surface area contributed by atoms with Gasteiger partial charge in [-0.1, -0.05) is 44.2 Å². The Labute approximate surface area is 138 Å². The molecule has 2 rings (SSSR count). The number of hydrogen-bond acceptors (Lipinski definition) is 2. The standard InChI is InChI=1S/C20H25NO2/c1-5-14(2)17-9-11-18(12-10-17)23-13-19(22)21-20-15(3)7-6-8-16(20)4/h6-12,14H,5,13H2,1-4H3,(H,21,22)/t14-/m1/s1. The summed E-state index contributed by atoms with van der Waals surface area (Å²) in [4.78, 5) is 12.1. The van der Waals surface area contributed by atoms with Gasteiger partial charge in [-0.15, -0.1) is 0 Å². The summed E-state index contributed by atoms with van der Waals surface area (Å²) in [5.41, 5.74) is 4.26. The molecule has 1 N–H and O–H groups in total. The third kappa shape index (κ3) is 4.59. The monoisotopic (exact) mass is 311 g/mol. The van der Waals surface area contributed by atoms with Crippen LogP contribution < -0.4 is 10.1 Å². The normalized spacial score (nSPS) is 11.8. The van der Waals surface area contributed by atoms with Gasteiger partial charge in [-0.2, -0.15) is 0 Å². The number of ether oxygens (including phenoxy) is 1. The Balaban J connectivity index is 1.92. The molecule has 2 aromatic carbocycles. The predicted octanol–water partition coefficient (Wildman–Crippen LogP) is 4.83. The number of para-hydroxylation sites is 1. The van der Waals surface area contributed by atoms with Crippen molar-refractivity contribution in [3.63, 3.8) is 0 Å². The first-order valence-electron chi connectivity index (χ1n) is 8.10. The molecular formula is C20H25NO2. The number of carbonyl (C=O) groups is 1. The van der Waals surface area contributed by atoms with Gasteiger partial charge < -0.3 is 10.1 Å². The quantitative estimate of drug-likeness (QED) is 0.829. The molecule has 0 heterocycles. The van der Waals surface area contributed by atoms with E-state index in [1.807, 2.05) is 44.2 Å². The Kier molecular flexibility index (Phi) is 5.80. The lowest BCUT2D eigenvalue weighted by Gasteiger charge is -2.13. The molecule has 1 atom stereocenters. The fraction of sp³-hybridized carbons (Fsp3) is 0.350. The molecule has 3 nitrogen and oxygen atoms in total. The maximum absolute atomic E-state index is 12.1. The number of aryl methyl sites for hydroxylation is 2. The van der Waals surface area contributed by atoms with Crippen LogP contribution in [0, 0.1) is 13.8 Å². The largest absolute Gasteiger partial charge is 0.484 e. The number of benzene rings is 2. The van der Waals surface area contributed by atoms with E-state index in [1.54, 1.807) is 0 Å². The second kappa shape index (κ2) is 7.82. The van der Waals surface area contributed by atoms with Gasteiger partial charge in [-0.05, 0) is 55.0 Å². The van der Waals surface area contributed by atoms with Gasteiger partial charge in [-0.3, -0.25) is 4.79 Å². The molecule has 1 amide bonds. The van der Waals surface area contributed by atoms with Crippen molar-refractivity contribution in [3.05, 3.63) is 59.2 Å². The van der Waals surface area contributed by atoms with Crippen LogP contribution in [0.1, 0.15) is 42.9 Å². The molecule has 122 valence electrons. The second-order valence-electron chi connectivity index (χ2n) is 5.98. The highest BCUT2D eigenvalue weighted by atomic mass is 16.5. The molecule has 0 saturated heterocycles. The molecule has 0 fully saturated rings. The molecule has 0 radical (unpaired) electrons. The molecule has 0 spiro atoms. The fourth-order valence-corrected chi connectivity index (χ4v) is 2.46. The van der Waals surface area contributed by atoms with Crippen molar-refractivity contribution in [2.24, 2.45) is 0 Å². The third-order valence-corrected chi connectivity index (χ3v) is 4.18. The number of hydrogen-bond donors (Lipinski definition) is 1. The summed E-state index contributed by atoms with van der Waals surface area (Å²) >= 11 is 0. The van der Waals surface area contributed by atoms with E-state index in [0.29, 0.717) is 11.7 Å². The Hall–Kier alpha value is -2.29. The summed E-state index contributed by atoms with van der Waals surface area (Å²) in [7, 11) is 0. The number of amides is 1. The Morgan fingerprint density at radius 2 is 1.70 bits per heavy atom. The summed E-state index contributed by atoms with van der Waals surface area (Å²) in [5, 5.41) is 2.92. The lowest BCUT2D eigenvalue weighted by molar-refractivity contribution is -0.118. The van der Waals surface area contributed by atoms with E-state index in [1.165, 1.54) is 5.56 Å². The zero-order valence-electron chi connectivity index (χ0n) is 14.3. The molecule has 0 saturated carbocycles. The van der Waals surface area contributed by atoms with Crippen molar-refractivity contribution in [2.75, 3.05) is 11.9 Å². The van der Waals surface area contributed by atoms with E-state index in [9.17, 15) is 4.79 Å². The average Bonchev–Trinajstić information content (AvgIpc) is 2.56.